The summed E-state index contributed by atoms with van der Waals surface area (Å²) < 4.78 is 26.7. The lowest BCUT2D eigenvalue weighted by atomic mass is 10.2. The van der Waals surface area contributed by atoms with Crippen LogP contribution in [0.2, 0.25) is 5.02 Å². The van der Waals surface area contributed by atoms with E-state index in [0.29, 0.717) is 5.69 Å². The van der Waals surface area contributed by atoms with Gasteiger partial charge >= 0.3 is 0 Å². The van der Waals surface area contributed by atoms with Crippen LogP contribution in [0.25, 0.3) is 0 Å². The number of sulfonamides is 1. The number of nitrogens with one attached hydrogen (secondary N) is 2. The minimum absolute atomic E-state index is 0.0957. The van der Waals surface area contributed by atoms with Crippen molar-refractivity contribution in [1.29, 1.82) is 0 Å². The Morgan fingerprint density at radius 1 is 1.25 bits per heavy atom. The average molecular weight is 313 g/mol. The molecule has 0 aliphatic heterocycles. The third-order valence-electron chi connectivity index (χ3n) is 2.76. The number of aromatic amines is 1. The molecule has 5 nitrogen and oxygen atoms in total. The zero-order valence-electron chi connectivity index (χ0n) is 10.7. The number of anilines is 1. The van der Waals surface area contributed by atoms with Crippen molar-refractivity contribution in [3.8, 4) is 0 Å². The Kier molecular flexibility index (Phi) is 4.15. The van der Waals surface area contributed by atoms with E-state index in [9.17, 15) is 13.2 Å². The van der Waals surface area contributed by atoms with E-state index in [1.54, 1.807) is 12.1 Å². The summed E-state index contributed by atoms with van der Waals surface area (Å²) in [5.41, 5.74) is 1.03. The fourth-order valence-corrected chi connectivity index (χ4v) is 2.90. The standard InChI is InChI=1S/C13H13ClN2O3S/c1-2-9-3-5-10(6-4-9)16-20(18,19)11-7-12(14)13(17)15-8-11/h3-8,16H,2H2,1H3,(H,15,17). The first kappa shape index (κ1) is 14.6. The van der Waals surface area contributed by atoms with Gasteiger partial charge in [0.2, 0.25) is 0 Å². The van der Waals surface area contributed by atoms with Gasteiger partial charge in [0.1, 0.15) is 9.92 Å². The molecule has 0 bridgehead atoms. The Labute approximate surface area is 121 Å². The molecule has 2 rings (SSSR count). The smallest absolute Gasteiger partial charge is 0.266 e. The van der Waals surface area contributed by atoms with Gasteiger partial charge in [-0.25, -0.2) is 8.42 Å². The molecule has 0 aliphatic rings. The lowest BCUT2D eigenvalue weighted by Gasteiger charge is -2.08. The van der Waals surface area contributed by atoms with E-state index in [1.165, 1.54) is 0 Å². The predicted octanol–water partition coefficient (Wildman–Crippen LogP) is 2.39. The number of hydrogen-bond donors (Lipinski definition) is 2. The average Bonchev–Trinajstić information content (AvgIpc) is 2.42. The fourth-order valence-electron chi connectivity index (χ4n) is 1.62. The van der Waals surface area contributed by atoms with E-state index < -0.39 is 15.6 Å². The zero-order valence-corrected chi connectivity index (χ0v) is 12.3. The summed E-state index contributed by atoms with van der Waals surface area (Å²) in [4.78, 5) is 13.3. The molecule has 1 aromatic carbocycles. The lowest BCUT2D eigenvalue weighted by Crippen LogP contribution is -2.16. The van der Waals surface area contributed by atoms with Gasteiger partial charge in [-0.3, -0.25) is 9.52 Å². The van der Waals surface area contributed by atoms with Crippen LogP contribution in [-0.2, 0) is 16.4 Å². The maximum atomic E-state index is 12.1. The van der Waals surface area contributed by atoms with Gasteiger partial charge in [0.15, 0.2) is 0 Å². The second-order valence-electron chi connectivity index (χ2n) is 4.17. The van der Waals surface area contributed by atoms with Crippen LogP contribution in [0, 0.1) is 0 Å². The SMILES string of the molecule is CCc1ccc(NS(=O)(=O)c2c[nH]c(=O)c(Cl)c2)cc1. The van der Waals surface area contributed by atoms with Crippen LogP contribution in [0.4, 0.5) is 5.69 Å². The van der Waals surface area contributed by atoms with Crippen molar-refractivity contribution >= 4 is 27.3 Å². The summed E-state index contributed by atoms with van der Waals surface area (Å²) in [7, 11) is -3.78. The Morgan fingerprint density at radius 2 is 1.90 bits per heavy atom. The summed E-state index contributed by atoms with van der Waals surface area (Å²) in [5.74, 6) is 0. The van der Waals surface area contributed by atoms with Gasteiger partial charge in [-0.05, 0) is 30.2 Å². The van der Waals surface area contributed by atoms with Crippen LogP contribution in [0.5, 0.6) is 0 Å². The highest BCUT2D eigenvalue weighted by Crippen LogP contribution is 2.17. The van der Waals surface area contributed by atoms with Gasteiger partial charge in [-0.15, -0.1) is 0 Å². The first-order valence-corrected chi connectivity index (χ1v) is 7.78. The molecule has 1 aromatic heterocycles. The molecular formula is C13H13ClN2O3S. The van der Waals surface area contributed by atoms with Crippen LogP contribution >= 0.6 is 11.6 Å². The fraction of sp³-hybridized carbons (Fsp3) is 0.154. The Bertz CT molecular complexity index is 767. The van der Waals surface area contributed by atoms with E-state index in [4.69, 9.17) is 11.6 Å². The zero-order chi connectivity index (χ0) is 14.8. The van der Waals surface area contributed by atoms with E-state index in [2.05, 4.69) is 9.71 Å². The second kappa shape index (κ2) is 5.68. The molecule has 106 valence electrons. The number of aryl methyl sites for hydroxylation is 1. The van der Waals surface area contributed by atoms with Crippen LogP contribution in [0.15, 0.2) is 46.2 Å². The first-order valence-electron chi connectivity index (χ1n) is 5.92. The van der Waals surface area contributed by atoms with Crippen molar-refractivity contribution in [1.82, 2.24) is 4.98 Å². The van der Waals surface area contributed by atoms with Crippen molar-refractivity contribution < 1.29 is 8.42 Å². The molecule has 20 heavy (non-hydrogen) atoms. The number of pyridine rings is 1. The van der Waals surface area contributed by atoms with Gasteiger partial charge in [0.25, 0.3) is 15.6 Å². The number of benzene rings is 1. The number of H-pyrrole nitrogens is 1. The molecule has 0 aliphatic carbocycles. The highest BCUT2D eigenvalue weighted by atomic mass is 35.5. The normalized spacial score (nSPS) is 11.3. The van der Waals surface area contributed by atoms with Crippen molar-refractivity contribution in [2.75, 3.05) is 4.72 Å². The van der Waals surface area contributed by atoms with Crippen LogP contribution < -0.4 is 10.3 Å². The van der Waals surface area contributed by atoms with Gasteiger partial charge in [0, 0.05) is 11.9 Å². The first-order chi connectivity index (χ1) is 9.42. The molecule has 0 unspecified atom stereocenters. The molecule has 0 atom stereocenters. The minimum atomic E-state index is -3.78. The largest absolute Gasteiger partial charge is 0.326 e. The van der Waals surface area contributed by atoms with Crippen LogP contribution in [0.1, 0.15) is 12.5 Å². The molecule has 0 saturated carbocycles. The molecule has 2 N–H and O–H groups in total. The van der Waals surface area contributed by atoms with Gasteiger partial charge in [-0.1, -0.05) is 30.7 Å². The Hall–Kier alpha value is -1.79. The number of halogens is 1. The van der Waals surface area contributed by atoms with E-state index in [-0.39, 0.29) is 9.92 Å². The van der Waals surface area contributed by atoms with Crippen molar-refractivity contribution in [3.63, 3.8) is 0 Å². The Morgan fingerprint density at radius 3 is 2.45 bits per heavy atom. The third kappa shape index (κ3) is 3.20. The van der Waals surface area contributed by atoms with E-state index in [1.807, 2.05) is 19.1 Å². The molecular weight excluding hydrogens is 300 g/mol. The topological polar surface area (TPSA) is 79.0 Å². The summed E-state index contributed by atoms with van der Waals surface area (Å²) in [6.07, 6.45) is 1.99. The van der Waals surface area contributed by atoms with Crippen LogP contribution in [0.3, 0.4) is 0 Å². The summed E-state index contributed by atoms with van der Waals surface area (Å²) >= 11 is 5.63. The maximum Gasteiger partial charge on any atom is 0.266 e. The van der Waals surface area contributed by atoms with E-state index >= 15 is 0 Å². The van der Waals surface area contributed by atoms with E-state index in [0.717, 1.165) is 24.2 Å². The van der Waals surface area contributed by atoms with Gasteiger partial charge < -0.3 is 4.98 Å². The Balaban J connectivity index is 2.30. The molecule has 0 amide bonds. The monoisotopic (exact) mass is 312 g/mol. The second-order valence-corrected chi connectivity index (χ2v) is 6.26. The van der Waals surface area contributed by atoms with Crippen LogP contribution in [-0.4, -0.2) is 13.4 Å². The lowest BCUT2D eigenvalue weighted by molar-refractivity contribution is 0.600. The quantitative estimate of drug-likeness (QED) is 0.909. The predicted molar refractivity (Wildman–Crippen MR) is 78.7 cm³/mol. The molecule has 0 saturated heterocycles. The summed E-state index contributed by atoms with van der Waals surface area (Å²) in [5, 5.41) is -0.172. The minimum Gasteiger partial charge on any atom is -0.326 e. The molecule has 0 spiro atoms. The molecule has 0 fully saturated rings. The maximum absolute atomic E-state index is 12.1. The van der Waals surface area contributed by atoms with Gasteiger partial charge in [-0.2, -0.15) is 0 Å². The number of hydrogen-bond acceptors (Lipinski definition) is 3. The van der Waals surface area contributed by atoms with Gasteiger partial charge in [0.05, 0.1) is 0 Å². The van der Waals surface area contributed by atoms with Crippen molar-refractivity contribution in [2.45, 2.75) is 18.2 Å². The number of rotatable bonds is 4. The summed E-state index contributed by atoms with van der Waals surface area (Å²) in [6.45, 7) is 2.02. The summed E-state index contributed by atoms with van der Waals surface area (Å²) in [6, 6.07) is 8.17. The third-order valence-corrected chi connectivity index (χ3v) is 4.40. The molecule has 7 heteroatoms. The highest BCUT2D eigenvalue weighted by molar-refractivity contribution is 7.92. The molecule has 0 radical (unpaired) electrons. The van der Waals surface area contributed by atoms with Crippen molar-refractivity contribution in [3.05, 3.63) is 57.5 Å². The van der Waals surface area contributed by atoms with Crippen molar-refractivity contribution in [2.24, 2.45) is 0 Å². The highest BCUT2D eigenvalue weighted by Gasteiger charge is 2.15. The molecule has 1 heterocycles. The number of aromatic nitrogens is 1. The molecule has 2 aromatic rings.